The fraction of sp³-hybridized carbons (Fsp3) is 0.333. The van der Waals surface area contributed by atoms with Crippen molar-refractivity contribution in [3.63, 3.8) is 0 Å². The van der Waals surface area contributed by atoms with Crippen molar-refractivity contribution >= 4 is 5.69 Å². The first-order valence-electron chi connectivity index (χ1n) is 5.64. The molecule has 102 valence electrons. The Balaban J connectivity index is 2.07. The van der Waals surface area contributed by atoms with E-state index in [0.29, 0.717) is 5.69 Å². The topological polar surface area (TPSA) is 42.7 Å². The third-order valence-corrected chi connectivity index (χ3v) is 2.66. The minimum Gasteiger partial charge on any atom is -0.377 e. The van der Waals surface area contributed by atoms with E-state index in [1.807, 2.05) is 13.1 Å². The highest BCUT2D eigenvalue weighted by Crippen LogP contribution is 2.28. The van der Waals surface area contributed by atoms with Crippen molar-refractivity contribution in [3.8, 4) is 0 Å². The maximum Gasteiger partial charge on any atom is 0.433 e. The van der Waals surface area contributed by atoms with E-state index >= 15 is 0 Å². The molecule has 0 saturated carbocycles. The second-order valence-electron chi connectivity index (χ2n) is 4.24. The summed E-state index contributed by atoms with van der Waals surface area (Å²) in [5.74, 6) is 0. The van der Waals surface area contributed by atoms with Gasteiger partial charge in [0, 0.05) is 18.8 Å². The number of nitrogens with zero attached hydrogens (tertiary/aromatic N) is 3. The molecule has 0 amide bonds. The van der Waals surface area contributed by atoms with E-state index in [-0.39, 0.29) is 6.04 Å². The molecule has 2 aromatic heterocycles. The van der Waals surface area contributed by atoms with Gasteiger partial charge in [-0.3, -0.25) is 4.68 Å². The second-order valence-corrected chi connectivity index (χ2v) is 4.24. The van der Waals surface area contributed by atoms with Gasteiger partial charge in [-0.1, -0.05) is 0 Å². The van der Waals surface area contributed by atoms with E-state index in [1.54, 1.807) is 17.9 Å². The third-order valence-electron chi connectivity index (χ3n) is 2.66. The van der Waals surface area contributed by atoms with Gasteiger partial charge in [0.1, 0.15) is 5.69 Å². The Morgan fingerprint density at radius 3 is 2.47 bits per heavy atom. The number of halogens is 3. The van der Waals surface area contributed by atoms with Crippen molar-refractivity contribution in [2.75, 3.05) is 5.32 Å². The molecule has 1 N–H and O–H groups in total. The van der Waals surface area contributed by atoms with Crippen molar-refractivity contribution < 1.29 is 13.2 Å². The average Bonchev–Trinajstić information content (AvgIpc) is 2.75. The number of aryl methyl sites for hydroxylation is 1. The lowest BCUT2D eigenvalue weighted by molar-refractivity contribution is -0.141. The Labute approximate surface area is 108 Å². The lowest BCUT2D eigenvalue weighted by Crippen LogP contribution is -2.09. The molecule has 4 nitrogen and oxygen atoms in total. The van der Waals surface area contributed by atoms with Crippen molar-refractivity contribution in [1.29, 1.82) is 0 Å². The van der Waals surface area contributed by atoms with Crippen LogP contribution in [0.1, 0.15) is 24.2 Å². The minimum absolute atomic E-state index is 0.0627. The number of anilines is 1. The van der Waals surface area contributed by atoms with Gasteiger partial charge in [0.05, 0.1) is 24.1 Å². The fourth-order valence-corrected chi connectivity index (χ4v) is 1.64. The summed E-state index contributed by atoms with van der Waals surface area (Å²) in [5.41, 5.74) is 0.582. The zero-order valence-electron chi connectivity index (χ0n) is 10.4. The van der Waals surface area contributed by atoms with E-state index in [1.165, 1.54) is 12.3 Å². The Hall–Kier alpha value is -2.05. The summed E-state index contributed by atoms with van der Waals surface area (Å²) in [4.78, 5) is 3.39. The van der Waals surface area contributed by atoms with Crippen LogP contribution in [0.3, 0.4) is 0 Å². The van der Waals surface area contributed by atoms with Crippen LogP contribution in [0.25, 0.3) is 0 Å². The Kier molecular flexibility index (Phi) is 3.46. The summed E-state index contributed by atoms with van der Waals surface area (Å²) in [6, 6.07) is 2.26. The van der Waals surface area contributed by atoms with Crippen molar-refractivity contribution in [2.45, 2.75) is 19.1 Å². The fourth-order valence-electron chi connectivity index (χ4n) is 1.64. The summed E-state index contributed by atoms with van der Waals surface area (Å²) in [5, 5.41) is 7.10. The van der Waals surface area contributed by atoms with E-state index in [9.17, 15) is 13.2 Å². The van der Waals surface area contributed by atoms with Crippen LogP contribution in [0, 0.1) is 0 Å². The Bertz CT molecular complexity index is 545. The standard InChI is InChI=1S/C12H13F3N4/c1-8(9-5-17-19(2)7-9)18-10-3-4-11(16-6-10)12(13,14)15/h3-8,18H,1-2H3. The summed E-state index contributed by atoms with van der Waals surface area (Å²) in [7, 11) is 1.80. The first-order chi connectivity index (χ1) is 8.86. The molecule has 0 aliphatic carbocycles. The first-order valence-corrected chi connectivity index (χ1v) is 5.64. The van der Waals surface area contributed by atoms with Crippen LogP contribution in [-0.2, 0) is 13.2 Å². The van der Waals surface area contributed by atoms with Crippen molar-refractivity contribution in [3.05, 3.63) is 42.0 Å². The highest BCUT2D eigenvalue weighted by atomic mass is 19.4. The molecule has 0 saturated heterocycles. The molecule has 0 aromatic carbocycles. The van der Waals surface area contributed by atoms with Crippen molar-refractivity contribution in [1.82, 2.24) is 14.8 Å². The summed E-state index contributed by atoms with van der Waals surface area (Å²) in [6.07, 6.45) is 0.313. The van der Waals surface area contributed by atoms with E-state index in [4.69, 9.17) is 0 Å². The zero-order chi connectivity index (χ0) is 14.0. The van der Waals surface area contributed by atoms with E-state index < -0.39 is 11.9 Å². The summed E-state index contributed by atoms with van der Waals surface area (Å²) >= 11 is 0. The van der Waals surface area contributed by atoms with Gasteiger partial charge in [-0.05, 0) is 19.1 Å². The number of alkyl halides is 3. The lowest BCUT2D eigenvalue weighted by Gasteiger charge is -2.14. The molecular formula is C12H13F3N4. The average molecular weight is 270 g/mol. The summed E-state index contributed by atoms with van der Waals surface area (Å²) < 4.78 is 38.7. The molecule has 2 rings (SSSR count). The quantitative estimate of drug-likeness (QED) is 0.932. The van der Waals surface area contributed by atoms with Gasteiger partial charge < -0.3 is 5.32 Å². The highest BCUT2D eigenvalue weighted by molar-refractivity contribution is 5.43. The third kappa shape index (κ3) is 3.24. The molecule has 2 aromatic rings. The SMILES string of the molecule is CC(Nc1ccc(C(F)(F)F)nc1)c1cnn(C)c1. The number of nitrogens with one attached hydrogen (secondary N) is 1. The monoisotopic (exact) mass is 270 g/mol. The van der Waals surface area contributed by atoms with Crippen LogP contribution in [-0.4, -0.2) is 14.8 Å². The molecular weight excluding hydrogens is 257 g/mol. The first kappa shape index (κ1) is 13.4. The molecule has 1 atom stereocenters. The second kappa shape index (κ2) is 4.91. The Morgan fingerprint density at radius 2 is 2.00 bits per heavy atom. The number of rotatable bonds is 3. The number of hydrogen-bond donors (Lipinski definition) is 1. The number of pyridine rings is 1. The van der Waals surface area contributed by atoms with Crippen LogP contribution < -0.4 is 5.32 Å². The van der Waals surface area contributed by atoms with Gasteiger partial charge >= 0.3 is 6.18 Å². The van der Waals surface area contributed by atoms with E-state index in [0.717, 1.165) is 11.6 Å². The maximum absolute atomic E-state index is 12.4. The number of hydrogen-bond acceptors (Lipinski definition) is 3. The molecule has 7 heteroatoms. The molecule has 1 unspecified atom stereocenters. The van der Waals surface area contributed by atoms with Gasteiger partial charge in [-0.15, -0.1) is 0 Å². The molecule has 0 spiro atoms. The van der Waals surface area contributed by atoms with Gasteiger partial charge in [-0.2, -0.15) is 18.3 Å². The van der Waals surface area contributed by atoms with Gasteiger partial charge in [-0.25, -0.2) is 4.98 Å². The normalized spacial score (nSPS) is 13.3. The molecule has 2 heterocycles. The Morgan fingerprint density at radius 1 is 1.26 bits per heavy atom. The smallest absolute Gasteiger partial charge is 0.377 e. The van der Waals surface area contributed by atoms with Crippen LogP contribution in [0.2, 0.25) is 0 Å². The molecule has 0 aliphatic rings. The molecule has 0 bridgehead atoms. The van der Waals surface area contributed by atoms with E-state index in [2.05, 4.69) is 15.4 Å². The molecule has 0 aliphatic heterocycles. The van der Waals surface area contributed by atoms with Crippen LogP contribution >= 0.6 is 0 Å². The van der Waals surface area contributed by atoms with Gasteiger partial charge in [0.15, 0.2) is 0 Å². The zero-order valence-corrected chi connectivity index (χ0v) is 10.4. The minimum atomic E-state index is -4.41. The number of aromatic nitrogens is 3. The van der Waals surface area contributed by atoms with Crippen LogP contribution in [0.15, 0.2) is 30.7 Å². The summed E-state index contributed by atoms with van der Waals surface area (Å²) in [6.45, 7) is 1.90. The molecule has 0 fully saturated rings. The predicted octanol–water partition coefficient (Wildman–Crippen LogP) is 3.01. The van der Waals surface area contributed by atoms with Crippen molar-refractivity contribution in [2.24, 2.45) is 7.05 Å². The maximum atomic E-state index is 12.4. The lowest BCUT2D eigenvalue weighted by atomic mass is 10.2. The van der Waals surface area contributed by atoms with Gasteiger partial charge in [0.25, 0.3) is 0 Å². The largest absolute Gasteiger partial charge is 0.433 e. The predicted molar refractivity (Wildman–Crippen MR) is 64.5 cm³/mol. The molecule has 19 heavy (non-hydrogen) atoms. The van der Waals surface area contributed by atoms with Crippen LogP contribution in [0.4, 0.5) is 18.9 Å². The van der Waals surface area contributed by atoms with Gasteiger partial charge in [0.2, 0.25) is 0 Å². The van der Waals surface area contributed by atoms with Crippen LogP contribution in [0.5, 0.6) is 0 Å². The molecule has 0 radical (unpaired) electrons. The highest BCUT2D eigenvalue weighted by Gasteiger charge is 2.32.